The van der Waals surface area contributed by atoms with Gasteiger partial charge in [-0.15, -0.1) is 0 Å². The zero-order valence-electron chi connectivity index (χ0n) is 11.0. The molecule has 2 rings (SSSR count). The molecular weight excluding hydrogens is 375 g/mol. The Morgan fingerprint density at radius 2 is 1.67 bits per heavy atom. The van der Waals surface area contributed by atoms with Gasteiger partial charge in [-0.2, -0.15) is 0 Å². The minimum absolute atomic E-state index is 0.0241. The van der Waals surface area contributed by atoms with E-state index < -0.39 is 5.97 Å². The van der Waals surface area contributed by atoms with Gasteiger partial charge in [0.25, 0.3) is 0 Å². The molecule has 0 amide bonds. The Hall–Kier alpha value is -1.03. The van der Waals surface area contributed by atoms with Crippen molar-refractivity contribution in [3.8, 4) is 0 Å². The van der Waals surface area contributed by atoms with E-state index in [1.165, 1.54) is 0 Å². The van der Waals surface area contributed by atoms with Gasteiger partial charge < -0.3 is 5.11 Å². The monoisotopic (exact) mass is 386 g/mol. The molecule has 0 aliphatic heterocycles. The number of aliphatic carboxylic acids is 1. The first-order chi connectivity index (χ1) is 9.97. The number of rotatable bonds is 5. The van der Waals surface area contributed by atoms with Crippen LogP contribution in [0.4, 0.5) is 0 Å². The van der Waals surface area contributed by atoms with E-state index in [2.05, 4.69) is 15.9 Å². The summed E-state index contributed by atoms with van der Waals surface area (Å²) in [5.41, 5.74) is 2.02. The first kappa shape index (κ1) is 16.3. The van der Waals surface area contributed by atoms with Gasteiger partial charge in [-0.25, -0.2) is 0 Å². The van der Waals surface area contributed by atoms with E-state index in [9.17, 15) is 4.79 Å². The predicted octanol–water partition coefficient (Wildman–Crippen LogP) is 5.75. The van der Waals surface area contributed by atoms with Crippen LogP contribution in [0.25, 0.3) is 0 Å². The maximum Gasteiger partial charge on any atom is 0.303 e. The van der Waals surface area contributed by atoms with Gasteiger partial charge in [0, 0.05) is 16.8 Å². The number of hydrogen-bond acceptors (Lipinski definition) is 1. The molecule has 0 radical (unpaired) electrons. The second kappa shape index (κ2) is 7.30. The highest BCUT2D eigenvalue weighted by atomic mass is 79.9. The Bertz CT molecular complexity index is 641. The molecule has 0 saturated heterocycles. The summed E-state index contributed by atoms with van der Waals surface area (Å²) in [5.74, 6) is -0.832. The van der Waals surface area contributed by atoms with Gasteiger partial charge in [0.2, 0.25) is 0 Å². The van der Waals surface area contributed by atoms with Crippen molar-refractivity contribution in [2.24, 2.45) is 0 Å². The van der Waals surface area contributed by atoms with Crippen molar-refractivity contribution in [1.82, 2.24) is 0 Å². The van der Waals surface area contributed by atoms with E-state index in [4.69, 9.17) is 28.3 Å². The molecule has 2 nitrogen and oxygen atoms in total. The third-order valence-corrected chi connectivity index (χ3v) is 4.53. The number of carboxylic acid groups (broad SMARTS) is 1. The molecule has 1 unspecified atom stereocenters. The van der Waals surface area contributed by atoms with Gasteiger partial charge >= 0.3 is 5.97 Å². The van der Waals surface area contributed by atoms with Gasteiger partial charge in [-0.1, -0.05) is 57.3 Å². The third kappa shape index (κ3) is 4.47. The van der Waals surface area contributed by atoms with Crippen LogP contribution in [0, 0.1) is 0 Å². The standard InChI is InChI=1S/C16H13BrCl2O2/c17-12-4-1-10(2-5-12)13(6-8-16(20)21)11-3-7-14(18)15(19)9-11/h1-5,7,9,13H,6,8H2,(H,20,21). The van der Waals surface area contributed by atoms with Crippen LogP contribution in [0.5, 0.6) is 0 Å². The molecule has 5 heteroatoms. The fourth-order valence-electron chi connectivity index (χ4n) is 2.22. The Balaban J connectivity index is 2.36. The van der Waals surface area contributed by atoms with E-state index in [0.717, 1.165) is 15.6 Å². The molecule has 0 aromatic heterocycles. The first-order valence-corrected chi connectivity index (χ1v) is 7.94. The minimum atomic E-state index is -0.808. The third-order valence-electron chi connectivity index (χ3n) is 3.27. The molecule has 0 aliphatic carbocycles. The molecule has 0 spiro atoms. The fraction of sp³-hybridized carbons (Fsp3) is 0.188. The lowest BCUT2D eigenvalue weighted by Crippen LogP contribution is -2.05. The lowest BCUT2D eigenvalue weighted by molar-refractivity contribution is -0.137. The summed E-state index contributed by atoms with van der Waals surface area (Å²) >= 11 is 15.4. The Labute approximate surface area is 141 Å². The number of carbonyl (C=O) groups is 1. The van der Waals surface area contributed by atoms with Crippen molar-refractivity contribution in [2.75, 3.05) is 0 Å². The molecule has 110 valence electrons. The minimum Gasteiger partial charge on any atom is -0.481 e. The molecule has 2 aromatic carbocycles. The van der Waals surface area contributed by atoms with Gasteiger partial charge in [-0.05, 0) is 41.8 Å². The van der Waals surface area contributed by atoms with Crippen LogP contribution < -0.4 is 0 Å². The van der Waals surface area contributed by atoms with Crippen LogP contribution in [-0.4, -0.2) is 11.1 Å². The number of carboxylic acids is 1. The molecule has 1 N–H and O–H groups in total. The summed E-state index contributed by atoms with van der Waals surface area (Å²) in [6.07, 6.45) is 0.607. The smallest absolute Gasteiger partial charge is 0.303 e. The van der Waals surface area contributed by atoms with Gasteiger partial charge in [0.05, 0.1) is 10.0 Å². The van der Waals surface area contributed by atoms with Crippen molar-refractivity contribution < 1.29 is 9.90 Å². The van der Waals surface area contributed by atoms with Crippen molar-refractivity contribution in [3.05, 3.63) is 68.1 Å². The van der Waals surface area contributed by atoms with Gasteiger partial charge in [0.1, 0.15) is 0 Å². The summed E-state index contributed by atoms with van der Waals surface area (Å²) in [7, 11) is 0. The molecule has 2 aromatic rings. The van der Waals surface area contributed by atoms with Crippen molar-refractivity contribution in [1.29, 1.82) is 0 Å². The highest BCUT2D eigenvalue weighted by Gasteiger charge is 2.17. The fourth-order valence-corrected chi connectivity index (χ4v) is 2.79. The van der Waals surface area contributed by atoms with E-state index in [1.54, 1.807) is 12.1 Å². The average Bonchev–Trinajstić information content (AvgIpc) is 2.44. The second-order valence-electron chi connectivity index (χ2n) is 4.71. The Kier molecular flexibility index (Phi) is 5.68. The highest BCUT2D eigenvalue weighted by Crippen LogP contribution is 2.33. The van der Waals surface area contributed by atoms with Crippen molar-refractivity contribution in [3.63, 3.8) is 0 Å². The quantitative estimate of drug-likeness (QED) is 0.708. The maximum atomic E-state index is 10.9. The normalized spacial score (nSPS) is 12.1. The van der Waals surface area contributed by atoms with Crippen LogP contribution in [0.3, 0.4) is 0 Å². The van der Waals surface area contributed by atoms with Crippen LogP contribution in [0.15, 0.2) is 46.9 Å². The number of benzene rings is 2. The second-order valence-corrected chi connectivity index (χ2v) is 6.44. The van der Waals surface area contributed by atoms with Gasteiger partial charge in [-0.3, -0.25) is 4.79 Å². The molecule has 0 bridgehead atoms. The summed E-state index contributed by atoms with van der Waals surface area (Å²) in [4.78, 5) is 10.9. The largest absolute Gasteiger partial charge is 0.481 e. The summed E-state index contributed by atoms with van der Waals surface area (Å²) in [5, 5.41) is 9.92. The van der Waals surface area contributed by atoms with Crippen LogP contribution >= 0.6 is 39.1 Å². The van der Waals surface area contributed by atoms with Crippen molar-refractivity contribution >= 4 is 45.1 Å². The number of hydrogen-bond donors (Lipinski definition) is 1. The molecular formula is C16H13BrCl2O2. The SMILES string of the molecule is O=C(O)CCC(c1ccc(Br)cc1)c1ccc(Cl)c(Cl)c1. The lowest BCUT2D eigenvalue weighted by Gasteiger charge is -2.18. The zero-order valence-corrected chi connectivity index (χ0v) is 14.1. The topological polar surface area (TPSA) is 37.3 Å². The van der Waals surface area contributed by atoms with Crippen LogP contribution in [0.1, 0.15) is 29.9 Å². The molecule has 0 saturated carbocycles. The molecule has 1 atom stereocenters. The van der Waals surface area contributed by atoms with E-state index in [-0.39, 0.29) is 12.3 Å². The average molecular weight is 388 g/mol. The van der Waals surface area contributed by atoms with E-state index in [1.807, 2.05) is 30.3 Å². The Morgan fingerprint density at radius 3 is 2.24 bits per heavy atom. The van der Waals surface area contributed by atoms with E-state index in [0.29, 0.717) is 16.5 Å². The van der Waals surface area contributed by atoms with Gasteiger partial charge in [0.15, 0.2) is 0 Å². The van der Waals surface area contributed by atoms with Crippen LogP contribution in [-0.2, 0) is 4.79 Å². The molecule has 21 heavy (non-hydrogen) atoms. The van der Waals surface area contributed by atoms with E-state index >= 15 is 0 Å². The highest BCUT2D eigenvalue weighted by molar-refractivity contribution is 9.10. The first-order valence-electron chi connectivity index (χ1n) is 6.39. The molecule has 0 heterocycles. The Morgan fingerprint density at radius 1 is 1.05 bits per heavy atom. The summed E-state index contributed by atoms with van der Waals surface area (Å²) in [6.45, 7) is 0. The molecule has 0 aliphatic rings. The summed E-state index contributed by atoms with van der Waals surface area (Å²) in [6, 6.07) is 13.3. The molecule has 0 fully saturated rings. The van der Waals surface area contributed by atoms with Crippen molar-refractivity contribution in [2.45, 2.75) is 18.8 Å². The summed E-state index contributed by atoms with van der Waals surface area (Å²) < 4.78 is 0.984. The maximum absolute atomic E-state index is 10.9. The lowest BCUT2D eigenvalue weighted by atomic mass is 9.87. The zero-order chi connectivity index (χ0) is 15.4. The predicted molar refractivity (Wildman–Crippen MR) is 89.3 cm³/mol. The van der Waals surface area contributed by atoms with Crippen LogP contribution in [0.2, 0.25) is 10.0 Å². The number of halogens is 3.